The molecule has 0 heterocycles. The fraction of sp³-hybridized carbons (Fsp3) is 0.125. The smallest absolute Gasteiger partial charge is 0.337 e. The van der Waals surface area contributed by atoms with Crippen molar-refractivity contribution in [3.8, 4) is 0 Å². The number of aliphatic carboxylic acids is 1. The number of aliphatic hydroxyl groups is 1. The van der Waals surface area contributed by atoms with Gasteiger partial charge < -0.3 is 10.2 Å². The van der Waals surface area contributed by atoms with Crippen LogP contribution in [0, 0.1) is 5.82 Å². The quantitative estimate of drug-likeness (QED) is 0.769. The Kier molecular flexibility index (Phi) is 2.85. The van der Waals surface area contributed by atoms with Crippen LogP contribution in [-0.2, 0) is 4.79 Å². The maximum absolute atomic E-state index is 13.0. The first-order valence-electron chi connectivity index (χ1n) is 3.39. The Morgan fingerprint density at radius 1 is 1.54 bits per heavy atom. The van der Waals surface area contributed by atoms with E-state index in [0.717, 1.165) is 6.07 Å². The Hall–Kier alpha value is -1.13. The lowest BCUT2D eigenvalue weighted by atomic mass is 10.1. The first-order valence-corrected chi connectivity index (χ1v) is 3.76. The van der Waals surface area contributed by atoms with Gasteiger partial charge in [0.2, 0.25) is 0 Å². The van der Waals surface area contributed by atoms with Gasteiger partial charge in [0.05, 0.1) is 0 Å². The lowest BCUT2D eigenvalue weighted by molar-refractivity contribution is -0.147. The standard InChI is InChI=1S/C8H6ClFO3/c9-4-2-1-3-5(10)6(4)7(11)8(12)13/h1-3,7,11H,(H,12,13)/t7-/m1/s1. The molecule has 70 valence electrons. The third kappa shape index (κ3) is 1.96. The minimum Gasteiger partial charge on any atom is -0.479 e. The first-order chi connectivity index (χ1) is 6.04. The molecule has 0 saturated heterocycles. The molecule has 0 fully saturated rings. The third-order valence-electron chi connectivity index (χ3n) is 1.51. The van der Waals surface area contributed by atoms with Crippen molar-refractivity contribution in [1.82, 2.24) is 0 Å². The van der Waals surface area contributed by atoms with Gasteiger partial charge in [0.1, 0.15) is 5.82 Å². The van der Waals surface area contributed by atoms with E-state index in [2.05, 4.69) is 0 Å². The minimum absolute atomic E-state index is 0.102. The van der Waals surface area contributed by atoms with E-state index >= 15 is 0 Å². The van der Waals surface area contributed by atoms with Gasteiger partial charge in [-0.25, -0.2) is 9.18 Å². The van der Waals surface area contributed by atoms with E-state index < -0.39 is 23.5 Å². The van der Waals surface area contributed by atoms with E-state index in [9.17, 15) is 9.18 Å². The number of halogens is 2. The first kappa shape index (κ1) is 9.95. The van der Waals surface area contributed by atoms with Crippen LogP contribution in [0.3, 0.4) is 0 Å². The molecule has 0 amide bonds. The molecule has 0 radical (unpaired) electrons. The maximum atomic E-state index is 13.0. The number of benzene rings is 1. The largest absolute Gasteiger partial charge is 0.479 e. The molecule has 0 spiro atoms. The summed E-state index contributed by atoms with van der Waals surface area (Å²) in [5, 5.41) is 17.3. The number of carboxylic acids is 1. The molecule has 0 aromatic heterocycles. The van der Waals surface area contributed by atoms with Crippen molar-refractivity contribution in [3.05, 3.63) is 34.6 Å². The van der Waals surface area contributed by atoms with Crippen LogP contribution in [0.5, 0.6) is 0 Å². The van der Waals surface area contributed by atoms with Crippen LogP contribution in [0.1, 0.15) is 11.7 Å². The van der Waals surface area contributed by atoms with Crippen molar-refractivity contribution in [1.29, 1.82) is 0 Å². The van der Waals surface area contributed by atoms with Gasteiger partial charge in [0, 0.05) is 10.6 Å². The van der Waals surface area contributed by atoms with E-state index in [1.54, 1.807) is 0 Å². The zero-order chi connectivity index (χ0) is 10.0. The van der Waals surface area contributed by atoms with Crippen molar-refractivity contribution < 1.29 is 19.4 Å². The SMILES string of the molecule is O=C(O)[C@H](O)c1c(F)cccc1Cl. The predicted molar refractivity (Wildman–Crippen MR) is 44.0 cm³/mol. The number of aliphatic hydroxyl groups excluding tert-OH is 1. The molecule has 13 heavy (non-hydrogen) atoms. The van der Waals surface area contributed by atoms with Gasteiger partial charge in [-0.3, -0.25) is 0 Å². The second-order valence-electron chi connectivity index (χ2n) is 2.38. The second kappa shape index (κ2) is 3.72. The highest BCUT2D eigenvalue weighted by Crippen LogP contribution is 2.25. The van der Waals surface area contributed by atoms with Gasteiger partial charge in [-0.05, 0) is 12.1 Å². The fourth-order valence-corrected chi connectivity index (χ4v) is 1.16. The number of hydrogen-bond donors (Lipinski definition) is 2. The van der Waals surface area contributed by atoms with Crippen LogP contribution in [-0.4, -0.2) is 16.2 Å². The summed E-state index contributed by atoms with van der Waals surface area (Å²) in [6, 6.07) is 3.68. The molecular formula is C8H6ClFO3. The van der Waals surface area contributed by atoms with Crippen LogP contribution < -0.4 is 0 Å². The summed E-state index contributed by atoms with van der Waals surface area (Å²) < 4.78 is 13.0. The number of rotatable bonds is 2. The Bertz CT molecular complexity index is 320. The van der Waals surface area contributed by atoms with Crippen molar-refractivity contribution in [2.75, 3.05) is 0 Å². The average molecular weight is 205 g/mol. The summed E-state index contributed by atoms with van der Waals surface area (Å²) in [5.74, 6) is -2.37. The molecule has 1 aromatic carbocycles. The number of carbonyl (C=O) groups is 1. The van der Waals surface area contributed by atoms with E-state index in [-0.39, 0.29) is 5.02 Å². The molecule has 3 nitrogen and oxygen atoms in total. The van der Waals surface area contributed by atoms with Crippen LogP contribution in [0.25, 0.3) is 0 Å². The minimum atomic E-state index is -1.92. The van der Waals surface area contributed by atoms with Crippen molar-refractivity contribution >= 4 is 17.6 Å². The second-order valence-corrected chi connectivity index (χ2v) is 2.78. The van der Waals surface area contributed by atoms with Crippen LogP contribution in [0.4, 0.5) is 4.39 Å². The summed E-state index contributed by atoms with van der Waals surface area (Å²) >= 11 is 5.51. The molecule has 1 atom stereocenters. The van der Waals surface area contributed by atoms with Crippen molar-refractivity contribution in [2.24, 2.45) is 0 Å². The average Bonchev–Trinajstić information content (AvgIpc) is 2.03. The molecule has 0 bridgehead atoms. The van der Waals surface area contributed by atoms with Gasteiger partial charge >= 0.3 is 5.97 Å². The van der Waals surface area contributed by atoms with E-state index in [0.29, 0.717) is 0 Å². The van der Waals surface area contributed by atoms with Crippen LogP contribution >= 0.6 is 11.6 Å². The molecule has 0 aliphatic carbocycles. The molecule has 1 aromatic rings. The summed E-state index contributed by atoms with van der Waals surface area (Å²) in [4.78, 5) is 10.3. The van der Waals surface area contributed by atoms with E-state index in [4.69, 9.17) is 21.8 Å². The van der Waals surface area contributed by atoms with Crippen molar-refractivity contribution in [3.63, 3.8) is 0 Å². The highest BCUT2D eigenvalue weighted by molar-refractivity contribution is 6.31. The molecule has 0 aliphatic rings. The molecule has 0 aliphatic heterocycles. The lowest BCUT2D eigenvalue weighted by Gasteiger charge is -2.08. The molecular weight excluding hydrogens is 199 g/mol. The van der Waals surface area contributed by atoms with Gasteiger partial charge in [-0.2, -0.15) is 0 Å². The summed E-state index contributed by atoms with van der Waals surface area (Å²) in [7, 11) is 0. The fourth-order valence-electron chi connectivity index (χ4n) is 0.895. The van der Waals surface area contributed by atoms with E-state index in [1.165, 1.54) is 12.1 Å². The number of carboxylic acid groups (broad SMARTS) is 1. The zero-order valence-electron chi connectivity index (χ0n) is 6.37. The zero-order valence-corrected chi connectivity index (χ0v) is 7.12. The summed E-state index contributed by atoms with van der Waals surface area (Å²) in [5.41, 5.74) is -0.406. The molecule has 5 heteroatoms. The van der Waals surface area contributed by atoms with Gasteiger partial charge in [-0.15, -0.1) is 0 Å². The van der Waals surface area contributed by atoms with Crippen molar-refractivity contribution in [2.45, 2.75) is 6.10 Å². The third-order valence-corrected chi connectivity index (χ3v) is 1.84. The molecule has 0 saturated carbocycles. The van der Waals surface area contributed by atoms with E-state index in [1.807, 2.05) is 0 Å². The van der Waals surface area contributed by atoms with Crippen LogP contribution in [0.15, 0.2) is 18.2 Å². The molecule has 2 N–H and O–H groups in total. The Balaban J connectivity index is 3.20. The monoisotopic (exact) mass is 204 g/mol. The topological polar surface area (TPSA) is 57.5 Å². The van der Waals surface area contributed by atoms with Crippen LogP contribution in [0.2, 0.25) is 5.02 Å². The number of hydrogen-bond acceptors (Lipinski definition) is 2. The molecule has 1 rings (SSSR count). The van der Waals surface area contributed by atoms with Gasteiger partial charge in [0.15, 0.2) is 6.10 Å². The lowest BCUT2D eigenvalue weighted by Crippen LogP contribution is -2.12. The Labute approximate surface area is 78.4 Å². The Morgan fingerprint density at radius 3 is 2.62 bits per heavy atom. The van der Waals surface area contributed by atoms with Gasteiger partial charge in [0.25, 0.3) is 0 Å². The normalized spacial score (nSPS) is 12.5. The highest BCUT2D eigenvalue weighted by atomic mass is 35.5. The molecule has 0 unspecified atom stereocenters. The highest BCUT2D eigenvalue weighted by Gasteiger charge is 2.22. The Morgan fingerprint density at radius 2 is 2.15 bits per heavy atom. The summed E-state index contributed by atoms with van der Waals surface area (Å²) in [6.07, 6.45) is -1.92. The summed E-state index contributed by atoms with van der Waals surface area (Å²) in [6.45, 7) is 0. The predicted octanol–water partition coefficient (Wildman–Crippen LogP) is 1.60. The van der Waals surface area contributed by atoms with Gasteiger partial charge in [-0.1, -0.05) is 17.7 Å². The maximum Gasteiger partial charge on any atom is 0.337 e.